The first kappa shape index (κ1) is 16.6. The molecule has 0 saturated carbocycles. The molecule has 2 aromatic rings. The lowest BCUT2D eigenvalue weighted by atomic mass is 10.0. The van der Waals surface area contributed by atoms with Crippen molar-refractivity contribution in [3.8, 4) is 0 Å². The number of carbonyl (C=O) groups is 1. The van der Waals surface area contributed by atoms with E-state index in [2.05, 4.69) is 20.9 Å². The Hall–Kier alpha value is -2.22. The number of anilines is 1. The molecule has 8 heteroatoms. The van der Waals surface area contributed by atoms with Gasteiger partial charge in [0.2, 0.25) is 0 Å². The Morgan fingerprint density at radius 3 is 2.88 bits per heavy atom. The van der Waals surface area contributed by atoms with Gasteiger partial charge in [-0.05, 0) is 42.1 Å². The molecule has 1 aliphatic heterocycles. The summed E-state index contributed by atoms with van der Waals surface area (Å²) in [6.45, 7) is 2.33. The molecule has 1 atom stereocenters. The first-order valence-corrected chi connectivity index (χ1v) is 8.43. The maximum absolute atomic E-state index is 11.6. The van der Waals surface area contributed by atoms with Gasteiger partial charge >= 0.3 is 5.97 Å². The minimum absolute atomic E-state index is 0.0185. The van der Waals surface area contributed by atoms with Crippen LogP contribution in [-0.2, 0) is 4.79 Å². The Labute approximate surface area is 146 Å². The zero-order chi connectivity index (χ0) is 17.4. The highest BCUT2D eigenvalue weighted by Crippen LogP contribution is 2.39. The van der Waals surface area contributed by atoms with Crippen molar-refractivity contribution in [3.63, 3.8) is 0 Å². The first-order chi connectivity index (χ1) is 11.4. The Morgan fingerprint density at radius 1 is 1.46 bits per heavy atom. The molecule has 1 aliphatic rings. The summed E-state index contributed by atoms with van der Waals surface area (Å²) in [6, 6.07) is 4.14. The Morgan fingerprint density at radius 2 is 2.21 bits per heavy atom. The molecule has 1 unspecified atom stereocenters. The molecule has 3 rings (SSSR count). The SMILES string of the molecule is Cc1nc(N2CCCCC2C(=O)O)c2cccc([N+](=O)[O-])c2c1Br. The number of hydrogen-bond donors (Lipinski definition) is 1. The van der Waals surface area contributed by atoms with Gasteiger partial charge in [0.05, 0.1) is 20.5 Å². The fourth-order valence-electron chi connectivity index (χ4n) is 3.22. The molecule has 1 aromatic heterocycles. The first-order valence-electron chi connectivity index (χ1n) is 7.64. The van der Waals surface area contributed by atoms with Crippen LogP contribution >= 0.6 is 15.9 Å². The van der Waals surface area contributed by atoms with Gasteiger partial charge in [0, 0.05) is 18.0 Å². The predicted octanol–water partition coefficient (Wildman–Crippen LogP) is 3.66. The number of fused-ring (bicyclic) bond motifs is 1. The highest BCUT2D eigenvalue weighted by Gasteiger charge is 2.32. The minimum atomic E-state index is -0.893. The Balaban J connectivity index is 2.29. The molecule has 7 nitrogen and oxygen atoms in total. The third-order valence-electron chi connectivity index (χ3n) is 4.35. The number of carboxylic acids is 1. The number of pyridine rings is 1. The molecule has 126 valence electrons. The summed E-state index contributed by atoms with van der Waals surface area (Å²) >= 11 is 3.40. The van der Waals surface area contributed by atoms with Crippen molar-refractivity contribution >= 4 is 44.2 Å². The quantitative estimate of drug-likeness (QED) is 0.631. The van der Waals surface area contributed by atoms with Gasteiger partial charge in [0.1, 0.15) is 11.9 Å². The third kappa shape index (κ3) is 2.71. The normalized spacial score (nSPS) is 17.9. The zero-order valence-corrected chi connectivity index (χ0v) is 14.6. The van der Waals surface area contributed by atoms with Gasteiger partial charge in [-0.1, -0.05) is 12.1 Å². The predicted molar refractivity (Wildman–Crippen MR) is 93.5 cm³/mol. The van der Waals surface area contributed by atoms with E-state index < -0.39 is 16.9 Å². The smallest absolute Gasteiger partial charge is 0.326 e. The molecule has 0 radical (unpaired) electrons. The topological polar surface area (TPSA) is 96.6 Å². The van der Waals surface area contributed by atoms with Crippen LogP contribution in [0, 0.1) is 17.0 Å². The summed E-state index contributed by atoms with van der Waals surface area (Å²) < 4.78 is 0.567. The lowest BCUT2D eigenvalue weighted by Gasteiger charge is -2.34. The highest BCUT2D eigenvalue weighted by molar-refractivity contribution is 9.10. The molecule has 1 saturated heterocycles. The standard InChI is InChI=1S/C16H16BrN3O4/c1-9-14(17)13-10(5-4-7-11(13)20(23)24)15(18-9)19-8-3-2-6-12(19)16(21)22/h4-5,7,12H,2-3,6,8H2,1H3,(H,21,22). The molecule has 0 bridgehead atoms. The van der Waals surface area contributed by atoms with Crippen LogP contribution < -0.4 is 4.90 Å². The van der Waals surface area contributed by atoms with Gasteiger partial charge < -0.3 is 10.0 Å². The van der Waals surface area contributed by atoms with Crippen LogP contribution in [0.25, 0.3) is 10.8 Å². The summed E-state index contributed by atoms with van der Waals surface area (Å²) in [6.07, 6.45) is 2.26. The fraction of sp³-hybridized carbons (Fsp3) is 0.375. The number of aromatic nitrogens is 1. The number of nitrogens with zero attached hydrogens (tertiary/aromatic N) is 3. The zero-order valence-electron chi connectivity index (χ0n) is 13.0. The molecule has 24 heavy (non-hydrogen) atoms. The van der Waals surface area contributed by atoms with Crippen LogP contribution in [0.5, 0.6) is 0 Å². The van der Waals surface area contributed by atoms with Gasteiger partial charge in [0.25, 0.3) is 5.69 Å². The van der Waals surface area contributed by atoms with Crippen molar-refractivity contribution in [3.05, 3.63) is 38.5 Å². The summed E-state index contributed by atoms with van der Waals surface area (Å²) in [5.41, 5.74) is 0.580. The number of nitro benzene ring substituents is 1. The van der Waals surface area contributed by atoms with Gasteiger partial charge in [0.15, 0.2) is 0 Å². The molecule has 2 heterocycles. The second-order valence-corrected chi connectivity index (χ2v) is 6.63. The van der Waals surface area contributed by atoms with Crippen molar-refractivity contribution in [2.45, 2.75) is 32.2 Å². The number of nitro groups is 1. The summed E-state index contributed by atoms with van der Waals surface area (Å²) in [5, 5.41) is 22.0. The number of hydrogen-bond acceptors (Lipinski definition) is 5. The van der Waals surface area contributed by atoms with E-state index in [1.54, 1.807) is 24.0 Å². The van der Waals surface area contributed by atoms with E-state index in [4.69, 9.17) is 0 Å². The third-order valence-corrected chi connectivity index (χ3v) is 5.32. The molecule has 1 N–H and O–H groups in total. The molecule has 0 spiro atoms. The maximum atomic E-state index is 11.6. The number of non-ortho nitro benzene ring substituents is 1. The number of rotatable bonds is 3. The molecule has 0 amide bonds. The molecular weight excluding hydrogens is 378 g/mol. The second kappa shape index (κ2) is 6.35. The van der Waals surface area contributed by atoms with Gasteiger partial charge in [-0.15, -0.1) is 0 Å². The monoisotopic (exact) mass is 393 g/mol. The lowest BCUT2D eigenvalue weighted by molar-refractivity contribution is -0.383. The van der Waals surface area contributed by atoms with Gasteiger partial charge in [-0.25, -0.2) is 9.78 Å². The van der Waals surface area contributed by atoms with Crippen LogP contribution in [0.3, 0.4) is 0 Å². The number of carboxylic acid groups (broad SMARTS) is 1. The van der Waals surface area contributed by atoms with Crippen LogP contribution in [0.15, 0.2) is 22.7 Å². The van der Waals surface area contributed by atoms with Crippen molar-refractivity contribution in [1.82, 2.24) is 4.98 Å². The number of benzene rings is 1. The Kier molecular flexibility index (Phi) is 4.40. The summed E-state index contributed by atoms with van der Waals surface area (Å²) in [4.78, 5) is 28.9. The van der Waals surface area contributed by atoms with Crippen molar-refractivity contribution in [1.29, 1.82) is 0 Å². The molecule has 1 fully saturated rings. The lowest BCUT2D eigenvalue weighted by Crippen LogP contribution is -2.45. The van der Waals surface area contributed by atoms with Crippen LogP contribution in [-0.4, -0.2) is 33.6 Å². The maximum Gasteiger partial charge on any atom is 0.326 e. The van der Waals surface area contributed by atoms with E-state index in [0.29, 0.717) is 39.7 Å². The van der Waals surface area contributed by atoms with Crippen LogP contribution in [0.1, 0.15) is 25.0 Å². The number of aliphatic carboxylic acids is 1. The van der Waals surface area contributed by atoms with E-state index >= 15 is 0 Å². The van der Waals surface area contributed by atoms with E-state index in [-0.39, 0.29) is 5.69 Å². The fourth-order valence-corrected chi connectivity index (χ4v) is 3.72. The summed E-state index contributed by atoms with van der Waals surface area (Å²) in [5.74, 6) is -0.392. The van der Waals surface area contributed by atoms with Crippen molar-refractivity contribution < 1.29 is 14.8 Å². The number of halogens is 1. The van der Waals surface area contributed by atoms with E-state index in [9.17, 15) is 20.0 Å². The Bertz CT molecular complexity index is 840. The number of piperidine rings is 1. The molecular formula is C16H16BrN3O4. The molecule has 1 aromatic carbocycles. The van der Waals surface area contributed by atoms with Crippen LogP contribution in [0.2, 0.25) is 0 Å². The largest absolute Gasteiger partial charge is 0.480 e. The average Bonchev–Trinajstić information content (AvgIpc) is 2.57. The average molecular weight is 394 g/mol. The second-order valence-electron chi connectivity index (χ2n) is 5.83. The van der Waals surface area contributed by atoms with Crippen molar-refractivity contribution in [2.75, 3.05) is 11.4 Å². The van der Waals surface area contributed by atoms with E-state index in [1.807, 2.05) is 0 Å². The summed E-state index contributed by atoms with van der Waals surface area (Å²) in [7, 11) is 0. The van der Waals surface area contributed by atoms with E-state index in [1.165, 1.54) is 6.07 Å². The van der Waals surface area contributed by atoms with Gasteiger partial charge in [-0.3, -0.25) is 10.1 Å². The minimum Gasteiger partial charge on any atom is -0.480 e. The number of aryl methyl sites for hydroxylation is 1. The van der Waals surface area contributed by atoms with Crippen molar-refractivity contribution in [2.24, 2.45) is 0 Å². The highest BCUT2D eigenvalue weighted by atomic mass is 79.9. The molecule has 0 aliphatic carbocycles. The van der Waals surface area contributed by atoms with Crippen LogP contribution in [0.4, 0.5) is 11.5 Å². The van der Waals surface area contributed by atoms with Gasteiger partial charge in [-0.2, -0.15) is 0 Å². The van der Waals surface area contributed by atoms with E-state index in [0.717, 1.165) is 12.8 Å².